The minimum absolute atomic E-state index is 0.127. The van der Waals surface area contributed by atoms with Crippen molar-refractivity contribution in [2.45, 2.75) is 13.3 Å². The molecule has 0 aliphatic carbocycles. The highest BCUT2D eigenvalue weighted by Gasteiger charge is 2.10. The molecule has 0 aliphatic heterocycles. The Morgan fingerprint density at radius 2 is 2.22 bits per heavy atom. The van der Waals surface area contributed by atoms with Crippen molar-refractivity contribution in [3.05, 3.63) is 36.4 Å². The van der Waals surface area contributed by atoms with Crippen LogP contribution in [0.25, 0.3) is 0 Å². The Morgan fingerprint density at radius 3 is 2.83 bits per heavy atom. The van der Waals surface area contributed by atoms with Crippen molar-refractivity contribution in [1.82, 2.24) is 5.32 Å². The zero-order chi connectivity index (χ0) is 13.4. The van der Waals surface area contributed by atoms with Crippen LogP contribution >= 0.6 is 0 Å². The topological polar surface area (TPSA) is 47.6 Å². The summed E-state index contributed by atoms with van der Waals surface area (Å²) in [4.78, 5) is 11.8. The van der Waals surface area contributed by atoms with Crippen molar-refractivity contribution in [3.63, 3.8) is 0 Å². The highest BCUT2D eigenvalue weighted by atomic mass is 16.5. The Labute approximate surface area is 108 Å². The molecule has 4 heteroatoms. The van der Waals surface area contributed by atoms with E-state index in [4.69, 9.17) is 9.47 Å². The maximum atomic E-state index is 11.8. The lowest BCUT2D eigenvalue weighted by molar-refractivity contribution is 0.0954. The zero-order valence-corrected chi connectivity index (χ0v) is 10.9. The second-order valence-corrected chi connectivity index (χ2v) is 3.63. The molecule has 1 aromatic rings. The predicted molar refractivity (Wildman–Crippen MR) is 71.3 cm³/mol. The maximum absolute atomic E-state index is 11.8. The van der Waals surface area contributed by atoms with Crippen LogP contribution in [0.4, 0.5) is 0 Å². The number of ether oxygens (including phenoxy) is 2. The van der Waals surface area contributed by atoms with Crippen molar-refractivity contribution < 1.29 is 14.3 Å². The molecule has 0 radical (unpaired) electrons. The quantitative estimate of drug-likeness (QED) is 0.596. The van der Waals surface area contributed by atoms with Gasteiger partial charge in [-0.15, -0.1) is 6.58 Å². The van der Waals surface area contributed by atoms with E-state index in [1.165, 1.54) is 0 Å². The van der Waals surface area contributed by atoms with Gasteiger partial charge in [-0.3, -0.25) is 4.79 Å². The Bertz CT molecular complexity index is 416. The normalized spacial score (nSPS) is 9.67. The number of carbonyl (C=O) groups excluding carboxylic acids is 1. The molecule has 0 saturated carbocycles. The summed E-state index contributed by atoms with van der Waals surface area (Å²) in [5, 5.41) is 2.80. The number of carbonyl (C=O) groups is 1. The van der Waals surface area contributed by atoms with E-state index in [0.717, 1.165) is 6.42 Å². The molecule has 0 atom stereocenters. The number of hydrogen-bond donors (Lipinski definition) is 1. The molecule has 1 amide bonds. The van der Waals surface area contributed by atoms with E-state index in [-0.39, 0.29) is 5.91 Å². The summed E-state index contributed by atoms with van der Waals surface area (Å²) in [6.45, 7) is 6.64. The summed E-state index contributed by atoms with van der Waals surface area (Å²) < 4.78 is 10.6. The fraction of sp³-hybridized carbons (Fsp3) is 0.357. The summed E-state index contributed by atoms with van der Waals surface area (Å²) in [7, 11) is 1.55. The molecular formula is C14H19NO3. The molecule has 0 fully saturated rings. The van der Waals surface area contributed by atoms with Crippen molar-refractivity contribution in [3.8, 4) is 11.5 Å². The van der Waals surface area contributed by atoms with Gasteiger partial charge in [0, 0.05) is 12.1 Å². The molecule has 0 aromatic heterocycles. The van der Waals surface area contributed by atoms with E-state index in [1.807, 2.05) is 6.92 Å². The minimum Gasteiger partial charge on any atom is -0.493 e. The van der Waals surface area contributed by atoms with Gasteiger partial charge in [0.25, 0.3) is 5.91 Å². The van der Waals surface area contributed by atoms with E-state index in [1.54, 1.807) is 31.4 Å². The molecule has 1 aromatic carbocycles. The third-order valence-corrected chi connectivity index (χ3v) is 2.36. The monoisotopic (exact) mass is 249 g/mol. The van der Waals surface area contributed by atoms with Crippen LogP contribution in [0.3, 0.4) is 0 Å². The van der Waals surface area contributed by atoms with E-state index < -0.39 is 0 Å². The molecule has 0 saturated heterocycles. The summed E-state index contributed by atoms with van der Waals surface area (Å²) in [5.74, 6) is 1.08. The highest BCUT2D eigenvalue weighted by Crippen LogP contribution is 2.27. The van der Waals surface area contributed by atoms with Gasteiger partial charge in [0.2, 0.25) is 0 Å². The van der Waals surface area contributed by atoms with Gasteiger partial charge in [-0.2, -0.15) is 0 Å². The number of methoxy groups -OCH3 is 1. The standard InChI is InChI=1S/C14H19NO3/c1-4-6-9-15-14(16)11-7-8-12(18-5-2)13(10-11)17-3/h4,7-8,10H,1,5-6,9H2,2-3H3,(H,15,16). The molecule has 18 heavy (non-hydrogen) atoms. The van der Waals surface area contributed by atoms with Gasteiger partial charge in [0.1, 0.15) is 0 Å². The van der Waals surface area contributed by atoms with Gasteiger partial charge in [-0.1, -0.05) is 6.08 Å². The van der Waals surface area contributed by atoms with Crippen LogP contribution in [-0.4, -0.2) is 26.2 Å². The average Bonchev–Trinajstić information content (AvgIpc) is 2.39. The Hall–Kier alpha value is -1.97. The van der Waals surface area contributed by atoms with Crippen LogP contribution in [0.5, 0.6) is 11.5 Å². The molecule has 0 bridgehead atoms. The van der Waals surface area contributed by atoms with Crippen LogP contribution in [0.1, 0.15) is 23.7 Å². The Balaban J connectivity index is 2.77. The first-order chi connectivity index (χ1) is 8.72. The molecule has 1 N–H and O–H groups in total. The second kappa shape index (κ2) is 7.37. The SMILES string of the molecule is C=CCCNC(=O)c1ccc(OCC)c(OC)c1. The summed E-state index contributed by atoms with van der Waals surface area (Å²) in [6.07, 6.45) is 2.51. The van der Waals surface area contributed by atoms with Gasteiger partial charge in [0.15, 0.2) is 11.5 Å². The van der Waals surface area contributed by atoms with Crippen molar-refractivity contribution in [1.29, 1.82) is 0 Å². The third-order valence-electron chi connectivity index (χ3n) is 2.36. The Morgan fingerprint density at radius 1 is 1.44 bits per heavy atom. The van der Waals surface area contributed by atoms with Crippen molar-refractivity contribution in [2.75, 3.05) is 20.3 Å². The third kappa shape index (κ3) is 3.80. The molecule has 0 unspecified atom stereocenters. The van der Waals surface area contributed by atoms with Gasteiger partial charge >= 0.3 is 0 Å². The molecule has 1 rings (SSSR count). The second-order valence-electron chi connectivity index (χ2n) is 3.63. The molecule has 98 valence electrons. The number of nitrogens with one attached hydrogen (secondary N) is 1. The lowest BCUT2D eigenvalue weighted by atomic mass is 10.2. The number of rotatable bonds is 7. The van der Waals surface area contributed by atoms with Gasteiger partial charge in [-0.05, 0) is 31.5 Å². The largest absolute Gasteiger partial charge is 0.493 e. The zero-order valence-electron chi connectivity index (χ0n) is 10.9. The highest BCUT2D eigenvalue weighted by molar-refractivity contribution is 5.94. The fourth-order valence-electron chi connectivity index (χ4n) is 1.47. The van der Waals surface area contributed by atoms with Gasteiger partial charge in [0.05, 0.1) is 13.7 Å². The van der Waals surface area contributed by atoms with Crippen molar-refractivity contribution >= 4 is 5.91 Å². The lowest BCUT2D eigenvalue weighted by Gasteiger charge is -2.11. The number of amides is 1. The first-order valence-electron chi connectivity index (χ1n) is 5.92. The summed E-state index contributed by atoms with van der Waals surface area (Å²) in [5.41, 5.74) is 0.555. The molecule has 0 spiro atoms. The Kier molecular flexibility index (Phi) is 5.77. The summed E-state index contributed by atoms with van der Waals surface area (Å²) >= 11 is 0. The van der Waals surface area contributed by atoms with E-state index in [0.29, 0.717) is 30.2 Å². The van der Waals surface area contributed by atoms with Crippen LogP contribution in [0.15, 0.2) is 30.9 Å². The molecule has 4 nitrogen and oxygen atoms in total. The molecule has 0 heterocycles. The first kappa shape index (κ1) is 14.1. The smallest absolute Gasteiger partial charge is 0.251 e. The number of benzene rings is 1. The summed E-state index contributed by atoms with van der Waals surface area (Å²) in [6, 6.07) is 5.13. The minimum atomic E-state index is -0.127. The van der Waals surface area contributed by atoms with Crippen LogP contribution in [0, 0.1) is 0 Å². The predicted octanol–water partition coefficient (Wildman–Crippen LogP) is 2.40. The lowest BCUT2D eigenvalue weighted by Crippen LogP contribution is -2.24. The van der Waals surface area contributed by atoms with Crippen LogP contribution < -0.4 is 14.8 Å². The van der Waals surface area contributed by atoms with E-state index in [2.05, 4.69) is 11.9 Å². The van der Waals surface area contributed by atoms with E-state index >= 15 is 0 Å². The average molecular weight is 249 g/mol. The first-order valence-corrected chi connectivity index (χ1v) is 5.92. The van der Waals surface area contributed by atoms with Gasteiger partial charge < -0.3 is 14.8 Å². The van der Waals surface area contributed by atoms with Crippen molar-refractivity contribution in [2.24, 2.45) is 0 Å². The van der Waals surface area contributed by atoms with Crippen LogP contribution in [0.2, 0.25) is 0 Å². The van der Waals surface area contributed by atoms with E-state index in [9.17, 15) is 4.79 Å². The molecular weight excluding hydrogens is 230 g/mol. The fourth-order valence-corrected chi connectivity index (χ4v) is 1.47. The molecule has 0 aliphatic rings. The number of hydrogen-bond acceptors (Lipinski definition) is 3. The van der Waals surface area contributed by atoms with Gasteiger partial charge in [-0.25, -0.2) is 0 Å². The van der Waals surface area contributed by atoms with Crippen LogP contribution in [-0.2, 0) is 0 Å². The maximum Gasteiger partial charge on any atom is 0.251 e.